The Labute approximate surface area is 123 Å². The van der Waals surface area contributed by atoms with Crippen molar-refractivity contribution in [2.24, 2.45) is 0 Å². The third-order valence-corrected chi connectivity index (χ3v) is 4.86. The van der Waals surface area contributed by atoms with Crippen molar-refractivity contribution < 1.29 is 0 Å². The summed E-state index contributed by atoms with van der Waals surface area (Å²) in [5, 5.41) is 0.497. The van der Waals surface area contributed by atoms with Crippen LogP contribution in [0.1, 0.15) is 56.4 Å². The maximum absolute atomic E-state index is 2.32. The molecule has 0 spiro atoms. The van der Waals surface area contributed by atoms with Crippen molar-refractivity contribution in [1.29, 1.82) is 0 Å². The summed E-state index contributed by atoms with van der Waals surface area (Å²) in [6.45, 7) is 2.28. The normalized spacial score (nSPS) is 12.8. The van der Waals surface area contributed by atoms with Crippen LogP contribution in [0.4, 0.5) is 0 Å². The molecule has 0 bridgehead atoms. The van der Waals surface area contributed by atoms with Crippen molar-refractivity contribution in [3.05, 3.63) is 35.9 Å². The van der Waals surface area contributed by atoms with Crippen LogP contribution in [0, 0.1) is 0 Å². The average molecular weight is 279 g/mol. The molecule has 1 atom stereocenters. The molecule has 0 radical (unpaired) electrons. The first-order valence-electron chi connectivity index (χ1n) is 7.58. The summed E-state index contributed by atoms with van der Waals surface area (Å²) < 4.78 is 0. The summed E-state index contributed by atoms with van der Waals surface area (Å²) in [5.74, 6) is 1.27. The molecule has 1 aromatic carbocycles. The zero-order chi connectivity index (χ0) is 13.9. The second-order valence-electron chi connectivity index (χ2n) is 5.37. The summed E-state index contributed by atoms with van der Waals surface area (Å²) in [6.07, 6.45) is 8.31. The molecular formula is C17H29NS. The van der Waals surface area contributed by atoms with Crippen molar-refractivity contribution in [2.75, 3.05) is 19.8 Å². The average Bonchev–Trinajstić information content (AvgIpc) is 2.42. The lowest BCUT2D eigenvalue weighted by Gasteiger charge is -2.24. The van der Waals surface area contributed by atoms with E-state index < -0.39 is 0 Å². The highest BCUT2D eigenvalue weighted by Crippen LogP contribution is 2.31. The van der Waals surface area contributed by atoms with Crippen LogP contribution in [0.3, 0.4) is 0 Å². The highest BCUT2D eigenvalue weighted by molar-refractivity contribution is 7.99. The van der Waals surface area contributed by atoms with E-state index in [1.165, 1.54) is 49.8 Å². The van der Waals surface area contributed by atoms with E-state index in [4.69, 9.17) is 0 Å². The molecule has 0 aliphatic carbocycles. The Morgan fingerprint density at radius 2 is 1.58 bits per heavy atom. The van der Waals surface area contributed by atoms with Crippen LogP contribution >= 0.6 is 11.8 Å². The molecule has 0 N–H and O–H groups in total. The monoisotopic (exact) mass is 279 g/mol. The first kappa shape index (κ1) is 16.6. The molecule has 108 valence electrons. The Kier molecular flexibility index (Phi) is 9.02. The molecule has 0 saturated carbocycles. The minimum atomic E-state index is 0.497. The summed E-state index contributed by atoms with van der Waals surface area (Å²) >= 11 is 2.07. The van der Waals surface area contributed by atoms with Crippen LogP contribution in [-0.2, 0) is 0 Å². The second kappa shape index (κ2) is 10.3. The lowest BCUT2D eigenvalue weighted by atomic mass is 10.1. The minimum Gasteiger partial charge on any atom is -0.294 e. The fourth-order valence-electron chi connectivity index (χ4n) is 2.24. The minimum absolute atomic E-state index is 0.497. The third-order valence-electron chi connectivity index (χ3n) is 3.33. The van der Waals surface area contributed by atoms with Gasteiger partial charge in [0.25, 0.3) is 0 Å². The predicted molar refractivity (Wildman–Crippen MR) is 88.7 cm³/mol. The van der Waals surface area contributed by atoms with Crippen molar-refractivity contribution in [3.63, 3.8) is 0 Å². The van der Waals surface area contributed by atoms with E-state index in [1.54, 1.807) is 0 Å². The SMILES string of the molecule is CCCCCCCCSC(c1ccccc1)N(C)C. The molecule has 0 aliphatic rings. The van der Waals surface area contributed by atoms with Crippen LogP contribution < -0.4 is 0 Å². The summed E-state index contributed by atoms with van der Waals surface area (Å²) in [7, 11) is 4.35. The topological polar surface area (TPSA) is 3.24 Å². The second-order valence-corrected chi connectivity index (χ2v) is 6.55. The molecule has 0 aliphatic heterocycles. The van der Waals surface area contributed by atoms with Gasteiger partial charge in [-0.15, -0.1) is 11.8 Å². The Morgan fingerprint density at radius 3 is 2.21 bits per heavy atom. The van der Waals surface area contributed by atoms with E-state index in [1.807, 2.05) is 0 Å². The molecule has 0 fully saturated rings. The first-order chi connectivity index (χ1) is 9.25. The van der Waals surface area contributed by atoms with E-state index in [9.17, 15) is 0 Å². The van der Waals surface area contributed by atoms with Gasteiger partial charge in [0.2, 0.25) is 0 Å². The highest BCUT2D eigenvalue weighted by atomic mass is 32.2. The number of thioether (sulfide) groups is 1. The van der Waals surface area contributed by atoms with Crippen molar-refractivity contribution in [2.45, 2.75) is 50.8 Å². The van der Waals surface area contributed by atoms with Crippen LogP contribution in [0.15, 0.2) is 30.3 Å². The maximum atomic E-state index is 2.32. The molecule has 1 aromatic rings. The summed E-state index contributed by atoms with van der Waals surface area (Å²) in [4.78, 5) is 2.32. The number of rotatable bonds is 10. The Morgan fingerprint density at radius 1 is 0.947 bits per heavy atom. The van der Waals surface area contributed by atoms with E-state index in [2.05, 4.69) is 68.0 Å². The summed E-state index contributed by atoms with van der Waals surface area (Å²) in [5.41, 5.74) is 1.42. The number of nitrogens with zero attached hydrogens (tertiary/aromatic N) is 1. The Bertz CT molecular complexity index is 310. The van der Waals surface area contributed by atoms with Crippen molar-refractivity contribution in [3.8, 4) is 0 Å². The molecule has 19 heavy (non-hydrogen) atoms. The van der Waals surface area contributed by atoms with Gasteiger partial charge in [-0.05, 0) is 31.8 Å². The van der Waals surface area contributed by atoms with Gasteiger partial charge in [-0.2, -0.15) is 0 Å². The van der Waals surface area contributed by atoms with Gasteiger partial charge >= 0.3 is 0 Å². The molecule has 0 aromatic heterocycles. The molecule has 1 rings (SSSR count). The van der Waals surface area contributed by atoms with Crippen LogP contribution in [0.5, 0.6) is 0 Å². The largest absolute Gasteiger partial charge is 0.294 e. The van der Waals surface area contributed by atoms with Gasteiger partial charge in [0.1, 0.15) is 0 Å². The number of hydrogen-bond acceptors (Lipinski definition) is 2. The third kappa shape index (κ3) is 7.03. The Hall–Kier alpha value is -0.470. The fraction of sp³-hybridized carbons (Fsp3) is 0.647. The summed E-state index contributed by atoms with van der Waals surface area (Å²) in [6, 6.07) is 10.8. The fourth-order valence-corrected chi connectivity index (χ4v) is 3.48. The molecule has 0 amide bonds. The lowest BCUT2D eigenvalue weighted by Crippen LogP contribution is -2.17. The predicted octanol–water partition coefficient (Wildman–Crippen LogP) is 5.34. The number of benzene rings is 1. The van der Waals surface area contributed by atoms with Crippen LogP contribution in [0.25, 0.3) is 0 Å². The number of unbranched alkanes of at least 4 members (excludes halogenated alkanes) is 5. The molecule has 0 saturated heterocycles. The standard InChI is InChI=1S/C17H29NS/c1-4-5-6-7-8-12-15-19-17(18(2)3)16-13-10-9-11-14-16/h9-11,13-14,17H,4-8,12,15H2,1-3H3. The van der Waals surface area contributed by atoms with Gasteiger partial charge in [-0.3, -0.25) is 4.90 Å². The van der Waals surface area contributed by atoms with Gasteiger partial charge in [0, 0.05) is 0 Å². The first-order valence-corrected chi connectivity index (χ1v) is 8.63. The lowest BCUT2D eigenvalue weighted by molar-refractivity contribution is 0.391. The van der Waals surface area contributed by atoms with Crippen LogP contribution in [-0.4, -0.2) is 24.7 Å². The van der Waals surface area contributed by atoms with E-state index in [0.29, 0.717) is 5.37 Å². The molecular weight excluding hydrogens is 250 g/mol. The van der Waals surface area contributed by atoms with Gasteiger partial charge < -0.3 is 0 Å². The molecule has 1 nitrogen and oxygen atoms in total. The van der Waals surface area contributed by atoms with Gasteiger partial charge in [0.15, 0.2) is 0 Å². The molecule has 1 unspecified atom stereocenters. The molecule has 2 heteroatoms. The van der Waals surface area contributed by atoms with E-state index >= 15 is 0 Å². The van der Waals surface area contributed by atoms with Gasteiger partial charge in [-0.1, -0.05) is 69.4 Å². The number of hydrogen-bond donors (Lipinski definition) is 0. The van der Waals surface area contributed by atoms with Gasteiger partial charge in [-0.25, -0.2) is 0 Å². The zero-order valence-corrected chi connectivity index (χ0v) is 13.6. The van der Waals surface area contributed by atoms with Gasteiger partial charge in [0.05, 0.1) is 5.37 Å². The molecule has 0 heterocycles. The highest BCUT2D eigenvalue weighted by Gasteiger charge is 2.13. The smallest absolute Gasteiger partial charge is 0.0809 e. The van der Waals surface area contributed by atoms with E-state index in [-0.39, 0.29) is 0 Å². The zero-order valence-electron chi connectivity index (χ0n) is 12.8. The quantitative estimate of drug-likeness (QED) is 0.420. The Balaban J connectivity index is 2.24. The van der Waals surface area contributed by atoms with E-state index in [0.717, 1.165) is 0 Å². The van der Waals surface area contributed by atoms with Crippen molar-refractivity contribution >= 4 is 11.8 Å². The van der Waals surface area contributed by atoms with Crippen molar-refractivity contribution in [1.82, 2.24) is 4.90 Å². The maximum Gasteiger partial charge on any atom is 0.0809 e. The van der Waals surface area contributed by atoms with Crippen LogP contribution in [0.2, 0.25) is 0 Å².